The number of ether oxygens (including phenoxy) is 2. The first-order valence-electron chi connectivity index (χ1n) is 8.19. The van der Waals surface area contributed by atoms with E-state index in [1.807, 2.05) is 24.5 Å². The smallest absolute Gasteiger partial charge is 0.119 e. The maximum Gasteiger partial charge on any atom is 0.119 e. The molecule has 1 saturated heterocycles. The Kier molecular flexibility index (Phi) is 5.61. The number of aromatic nitrogens is 1. The van der Waals surface area contributed by atoms with E-state index in [2.05, 4.69) is 34.1 Å². The molecule has 4 nitrogen and oxygen atoms in total. The van der Waals surface area contributed by atoms with Crippen LogP contribution < -0.4 is 4.74 Å². The summed E-state index contributed by atoms with van der Waals surface area (Å²) in [6.45, 7) is 3.64. The maximum absolute atomic E-state index is 5.83. The molecule has 0 saturated carbocycles. The van der Waals surface area contributed by atoms with Crippen LogP contribution in [0, 0.1) is 0 Å². The Balaban J connectivity index is 1.70. The second-order valence-corrected chi connectivity index (χ2v) is 6.01. The van der Waals surface area contributed by atoms with Crippen LogP contribution in [-0.4, -0.2) is 36.2 Å². The van der Waals surface area contributed by atoms with Gasteiger partial charge in [0.05, 0.1) is 13.2 Å². The zero-order valence-corrected chi connectivity index (χ0v) is 13.6. The molecule has 1 aliphatic heterocycles. The Morgan fingerprint density at radius 3 is 2.74 bits per heavy atom. The fourth-order valence-electron chi connectivity index (χ4n) is 3.04. The van der Waals surface area contributed by atoms with Crippen molar-refractivity contribution in [3.63, 3.8) is 0 Å². The minimum atomic E-state index is 0.349. The van der Waals surface area contributed by atoms with Gasteiger partial charge in [-0.15, -0.1) is 0 Å². The molecule has 0 radical (unpaired) electrons. The summed E-state index contributed by atoms with van der Waals surface area (Å²) in [6.07, 6.45) is 6.39. The number of benzene rings is 1. The monoisotopic (exact) mass is 312 g/mol. The molecule has 0 amide bonds. The minimum absolute atomic E-state index is 0.349. The number of hydrogen-bond donors (Lipinski definition) is 0. The van der Waals surface area contributed by atoms with E-state index in [1.54, 1.807) is 7.11 Å². The van der Waals surface area contributed by atoms with E-state index in [-0.39, 0.29) is 0 Å². The highest BCUT2D eigenvalue weighted by molar-refractivity contribution is 5.28. The summed E-state index contributed by atoms with van der Waals surface area (Å²) in [5, 5.41) is 0. The van der Waals surface area contributed by atoms with Crippen LogP contribution in [0.4, 0.5) is 0 Å². The van der Waals surface area contributed by atoms with Gasteiger partial charge in [0.25, 0.3) is 0 Å². The van der Waals surface area contributed by atoms with Gasteiger partial charge in [-0.25, -0.2) is 0 Å². The first-order valence-corrected chi connectivity index (χ1v) is 8.19. The van der Waals surface area contributed by atoms with Gasteiger partial charge in [0, 0.05) is 38.6 Å². The molecule has 1 atom stereocenters. The molecule has 0 unspecified atom stereocenters. The summed E-state index contributed by atoms with van der Waals surface area (Å²) in [7, 11) is 1.71. The van der Waals surface area contributed by atoms with Gasteiger partial charge in [-0.05, 0) is 48.2 Å². The zero-order chi connectivity index (χ0) is 15.9. The van der Waals surface area contributed by atoms with Crippen molar-refractivity contribution < 1.29 is 9.47 Å². The molecule has 23 heavy (non-hydrogen) atoms. The van der Waals surface area contributed by atoms with E-state index in [4.69, 9.17) is 9.47 Å². The SMILES string of the molecule is COc1cccc(CN(Cc2ccncc2)C[C@@H]2CCCO2)c1. The molecule has 122 valence electrons. The van der Waals surface area contributed by atoms with Gasteiger partial charge in [0.15, 0.2) is 0 Å². The van der Waals surface area contributed by atoms with Crippen molar-refractivity contribution in [2.24, 2.45) is 0 Å². The van der Waals surface area contributed by atoms with E-state index in [0.717, 1.165) is 38.4 Å². The highest BCUT2D eigenvalue weighted by Crippen LogP contribution is 2.19. The van der Waals surface area contributed by atoms with Crippen molar-refractivity contribution in [1.29, 1.82) is 0 Å². The van der Waals surface area contributed by atoms with E-state index >= 15 is 0 Å². The second-order valence-electron chi connectivity index (χ2n) is 6.01. The molecule has 1 fully saturated rings. The van der Waals surface area contributed by atoms with Crippen LogP contribution in [0.15, 0.2) is 48.8 Å². The number of hydrogen-bond acceptors (Lipinski definition) is 4. The number of methoxy groups -OCH3 is 1. The average Bonchev–Trinajstić information content (AvgIpc) is 3.09. The van der Waals surface area contributed by atoms with Crippen LogP contribution in [0.25, 0.3) is 0 Å². The Hall–Kier alpha value is -1.91. The average molecular weight is 312 g/mol. The maximum atomic E-state index is 5.83. The molecule has 2 heterocycles. The number of pyridine rings is 1. The van der Waals surface area contributed by atoms with Crippen LogP contribution in [0.1, 0.15) is 24.0 Å². The molecule has 0 spiro atoms. The normalized spacial score (nSPS) is 17.6. The molecule has 3 rings (SSSR count). The fraction of sp³-hybridized carbons (Fsp3) is 0.421. The highest BCUT2D eigenvalue weighted by atomic mass is 16.5. The Bertz CT molecular complexity index is 597. The first kappa shape index (κ1) is 16.0. The summed E-state index contributed by atoms with van der Waals surface area (Å²) in [4.78, 5) is 6.55. The summed E-state index contributed by atoms with van der Waals surface area (Å²) >= 11 is 0. The van der Waals surface area contributed by atoms with Crippen molar-refractivity contribution in [3.8, 4) is 5.75 Å². The van der Waals surface area contributed by atoms with Crippen LogP contribution in [0.3, 0.4) is 0 Å². The molecule has 0 N–H and O–H groups in total. The third kappa shape index (κ3) is 4.78. The molecule has 1 aliphatic rings. The van der Waals surface area contributed by atoms with E-state index < -0.39 is 0 Å². The number of rotatable bonds is 7. The Morgan fingerprint density at radius 2 is 2.00 bits per heavy atom. The van der Waals surface area contributed by atoms with Gasteiger partial charge >= 0.3 is 0 Å². The molecule has 2 aromatic rings. The lowest BCUT2D eigenvalue weighted by molar-refractivity contribution is 0.0679. The van der Waals surface area contributed by atoms with Gasteiger partial charge < -0.3 is 9.47 Å². The molecule has 0 bridgehead atoms. The fourth-order valence-corrected chi connectivity index (χ4v) is 3.04. The number of nitrogens with zero attached hydrogens (tertiary/aromatic N) is 2. The summed E-state index contributed by atoms with van der Waals surface area (Å²) in [6, 6.07) is 12.4. The second kappa shape index (κ2) is 8.09. The quantitative estimate of drug-likeness (QED) is 0.786. The summed E-state index contributed by atoms with van der Waals surface area (Å²) in [5.74, 6) is 0.906. The zero-order valence-electron chi connectivity index (χ0n) is 13.6. The van der Waals surface area contributed by atoms with Crippen molar-refractivity contribution in [1.82, 2.24) is 9.88 Å². The molecule has 0 aliphatic carbocycles. The minimum Gasteiger partial charge on any atom is -0.497 e. The Morgan fingerprint density at radius 1 is 1.17 bits per heavy atom. The van der Waals surface area contributed by atoms with E-state index in [1.165, 1.54) is 17.5 Å². The van der Waals surface area contributed by atoms with Crippen LogP contribution in [-0.2, 0) is 17.8 Å². The van der Waals surface area contributed by atoms with Crippen LogP contribution in [0.2, 0.25) is 0 Å². The summed E-state index contributed by atoms with van der Waals surface area (Å²) in [5.41, 5.74) is 2.54. The van der Waals surface area contributed by atoms with Crippen LogP contribution >= 0.6 is 0 Å². The van der Waals surface area contributed by atoms with Crippen molar-refractivity contribution in [2.75, 3.05) is 20.3 Å². The lowest BCUT2D eigenvalue weighted by Gasteiger charge is -2.25. The van der Waals surface area contributed by atoms with E-state index in [0.29, 0.717) is 6.10 Å². The van der Waals surface area contributed by atoms with Crippen molar-refractivity contribution in [2.45, 2.75) is 32.0 Å². The van der Waals surface area contributed by atoms with Gasteiger partial charge in [-0.2, -0.15) is 0 Å². The molecular weight excluding hydrogens is 288 g/mol. The largest absolute Gasteiger partial charge is 0.497 e. The van der Waals surface area contributed by atoms with Gasteiger partial charge in [0.2, 0.25) is 0 Å². The summed E-state index contributed by atoms with van der Waals surface area (Å²) < 4.78 is 11.2. The topological polar surface area (TPSA) is 34.6 Å². The lowest BCUT2D eigenvalue weighted by Crippen LogP contribution is -2.31. The van der Waals surface area contributed by atoms with Crippen LogP contribution in [0.5, 0.6) is 5.75 Å². The predicted octanol–water partition coefficient (Wildman–Crippen LogP) is 3.27. The molecule has 4 heteroatoms. The van der Waals surface area contributed by atoms with Gasteiger partial charge in [-0.1, -0.05) is 12.1 Å². The van der Waals surface area contributed by atoms with Crippen molar-refractivity contribution >= 4 is 0 Å². The standard InChI is InChI=1S/C19H24N2O2/c1-22-18-5-2-4-17(12-18)14-21(15-19-6-3-11-23-19)13-16-7-9-20-10-8-16/h2,4-5,7-10,12,19H,3,6,11,13-15H2,1H3/t19-/m0/s1. The van der Waals surface area contributed by atoms with Gasteiger partial charge in [0.1, 0.15) is 5.75 Å². The molecule has 1 aromatic carbocycles. The highest BCUT2D eigenvalue weighted by Gasteiger charge is 2.19. The van der Waals surface area contributed by atoms with E-state index in [9.17, 15) is 0 Å². The third-order valence-corrected chi connectivity index (χ3v) is 4.18. The Labute approximate surface area is 138 Å². The molecular formula is C19H24N2O2. The first-order chi connectivity index (χ1) is 11.3. The van der Waals surface area contributed by atoms with Gasteiger partial charge in [-0.3, -0.25) is 9.88 Å². The molecule has 1 aromatic heterocycles. The van der Waals surface area contributed by atoms with Crippen molar-refractivity contribution in [3.05, 3.63) is 59.9 Å². The third-order valence-electron chi connectivity index (χ3n) is 4.18. The lowest BCUT2D eigenvalue weighted by atomic mass is 10.1. The predicted molar refractivity (Wildman–Crippen MR) is 90.3 cm³/mol.